The summed E-state index contributed by atoms with van der Waals surface area (Å²) in [6.45, 7) is 6.86. The smallest absolute Gasteiger partial charge is 0.310 e. The van der Waals surface area contributed by atoms with Crippen LogP contribution in [-0.2, 0) is 19.7 Å². The number of nitrogens with zero attached hydrogens (tertiary/aromatic N) is 4. The van der Waals surface area contributed by atoms with Crippen molar-refractivity contribution in [2.24, 2.45) is 34.1 Å². The normalized spacial score (nSPS) is 47.9. The number of carbonyl (C=O) groups excluding carboxylic acids is 2. The molecule has 7 saturated heterocycles. The van der Waals surface area contributed by atoms with Crippen LogP contribution in [0.5, 0.6) is 5.75 Å². The molecule has 6 unspecified atom stereocenters. The quantitative estimate of drug-likeness (QED) is 0.292. The number of rotatable bonds is 3. The van der Waals surface area contributed by atoms with Gasteiger partial charge in [-0.25, -0.2) is 0 Å². The molecule has 13 atom stereocenters. The van der Waals surface area contributed by atoms with Crippen molar-refractivity contribution in [3.63, 3.8) is 0 Å². The van der Waals surface area contributed by atoms with E-state index >= 15 is 0 Å². The largest absolute Gasteiger partial charge is 0.496 e. The average molecular weight is 675 g/mol. The minimum Gasteiger partial charge on any atom is -0.496 e. The lowest BCUT2D eigenvalue weighted by atomic mass is 9.53. The third kappa shape index (κ3) is 3.00. The SMILES string of the molecule is C/C=C1/CN2[C@H]3C[C@@]45c6cc(C7=CC8=NC9%10CC[C@H]%11/C(=C\C)CN9CC[C@]%10(C8=CC7=O)C%11C(=O)OC)c(OC)cc6N(C)[C@H]4[C@@H]2C[C@@H]1C3C5O. The fourth-order valence-corrected chi connectivity index (χ4v) is 14.3. The van der Waals surface area contributed by atoms with Crippen molar-refractivity contribution in [1.82, 2.24) is 9.80 Å². The van der Waals surface area contributed by atoms with Crippen molar-refractivity contribution in [1.29, 1.82) is 0 Å². The lowest BCUT2D eigenvalue weighted by Crippen LogP contribution is -2.68. The number of methoxy groups -OCH3 is 2. The standard InChI is InChI=1S/C41H46N4O5/c1-6-20-18-44-11-10-40-26-15-32(46)24(13-28(26)42-41(40,44)9-8-22(20)35(40)38(48)50-5)25-12-27-29(16-33(25)49-4)43(3)36-30-14-23-21(7-2)19-45(30)31-17-39(27,36)37(47)34(23)31/h6-7,12-13,15-16,22-23,30-31,34-37,47H,8-11,14,17-19H2,1-5H3/b20-6-,21-7-/t22-,23-,30-,31-,34?,35?,36-,37?,39+,40-,41?/m0/s1. The summed E-state index contributed by atoms with van der Waals surface area (Å²) in [5.74, 6) is 0.748. The van der Waals surface area contributed by atoms with E-state index in [1.165, 1.54) is 18.3 Å². The van der Waals surface area contributed by atoms with Crippen molar-refractivity contribution < 1.29 is 24.2 Å². The molecule has 12 aliphatic rings. The Balaban J connectivity index is 1.06. The maximum Gasteiger partial charge on any atom is 0.310 e. The molecule has 13 rings (SSSR count). The van der Waals surface area contributed by atoms with Crippen LogP contribution in [0.15, 0.2) is 58.1 Å². The van der Waals surface area contributed by atoms with E-state index in [0.717, 1.165) is 79.8 Å². The highest BCUT2D eigenvalue weighted by Crippen LogP contribution is 2.71. The number of esters is 1. The number of carbonyl (C=O) groups is 2. The number of hydrogen-bond acceptors (Lipinski definition) is 9. The molecule has 3 aliphatic carbocycles. The van der Waals surface area contributed by atoms with Gasteiger partial charge >= 0.3 is 5.97 Å². The summed E-state index contributed by atoms with van der Waals surface area (Å²) in [4.78, 5) is 41.6. The number of piperidine rings is 4. The maximum atomic E-state index is 14.6. The number of aliphatic hydroxyl groups excluding tert-OH is 1. The first-order valence-corrected chi connectivity index (χ1v) is 18.8. The monoisotopic (exact) mass is 674 g/mol. The molecule has 9 bridgehead atoms. The lowest BCUT2D eigenvalue weighted by Gasteiger charge is -2.58. The summed E-state index contributed by atoms with van der Waals surface area (Å²) >= 11 is 0. The maximum absolute atomic E-state index is 14.6. The Morgan fingerprint density at radius 2 is 1.86 bits per heavy atom. The molecular formula is C41H46N4O5. The second-order valence-electron chi connectivity index (χ2n) is 16.9. The van der Waals surface area contributed by atoms with Gasteiger partial charge in [-0.15, -0.1) is 0 Å². The second kappa shape index (κ2) is 9.46. The Kier molecular flexibility index (Phi) is 5.70. The molecule has 50 heavy (non-hydrogen) atoms. The van der Waals surface area contributed by atoms with Crippen LogP contribution in [0.2, 0.25) is 0 Å². The molecule has 0 amide bonds. The van der Waals surface area contributed by atoms with Gasteiger partial charge < -0.3 is 19.5 Å². The summed E-state index contributed by atoms with van der Waals surface area (Å²) in [6, 6.07) is 5.24. The molecule has 9 heterocycles. The van der Waals surface area contributed by atoms with E-state index in [-0.39, 0.29) is 35.5 Å². The van der Waals surface area contributed by atoms with Gasteiger partial charge in [0.2, 0.25) is 0 Å². The van der Waals surface area contributed by atoms with Crippen molar-refractivity contribution in [3.8, 4) is 5.75 Å². The molecule has 9 nitrogen and oxygen atoms in total. The highest BCUT2D eigenvalue weighted by molar-refractivity contribution is 6.37. The zero-order valence-corrected chi connectivity index (χ0v) is 29.6. The summed E-state index contributed by atoms with van der Waals surface area (Å²) in [5, 5.41) is 12.5. The summed E-state index contributed by atoms with van der Waals surface area (Å²) in [7, 11) is 5.36. The molecule has 1 aromatic carbocycles. The van der Waals surface area contributed by atoms with Gasteiger partial charge in [0.25, 0.3) is 0 Å². The fourth-order valence-electron chi connectivity index (χ4n) is 14.3. The van der Waals surface area contributed by atoms with E-state index in [4.69, 9.17) is 14.5 Å². The number of ketones is 1. The van der Waals surface area contributed by atoms with Gasteiger partial charge in [0.1, 0.15) is 11.4 Å². The molecule has 0 radical (unpaired) electrons. The zero-order chi connectivity index (χ0) is 34.2. The van der Waals surface area contributed by atoms with Crippen LogP contribution >= 0.6 is 0 Å². The Morgan fingerprint density at radius 1 is 1.06 bits per heavy atom. The lowest BCUT2D eigenvalue weighted by molar-refractivity contribution is -0.156. The molecular weight excluding hydrogens is 628 g/mol. The van der Waals surface area contributed by atoms with Crippen LogP contribution in [0.3, 0.4) is 0 Å². The first kappa shape index (κ1) is 30.1. The van der Waals surface area contributed by atoms with Crippen molar-refractivity contribution in [2.75, 3.05) is 45.8 Å². The number of aliphatic hydroxyl groups is 1. The number of aliphatic imine (C=N–C) groups is 1. The third-order valence-electron chi connectivity index (χ3n) is 16.0. The number of benzene rings is 1. The molecule has 9 aliphatic heterocycles. The molecule has 2 spiro atoms. The van der Waals surface area contributed by atoms with E-state index < -0.39 is 22.6 Å². The van der Waals surface area contributed by atoms with E-state index in [2.05, 4.69) is 59.9 Å². The van der Waals surface area contributed by atoms with Gasteiger partial charge in [0, 0.05) is 73.0 Å². The van der Waals surface area contributed by atoms with Crippen LogP contribution < -0.4 is 9.64 Å². The van der Waals surface area contributed by atoms with Gasteiger partial charge in [-0.2, -0.15) is 0 Å². The number of anilines is 1. The van der Waals surface area contributed by atoms with Gasteiger partial charge in [-0.3, -0.25) is 24.4 Å². The molecule has 1 N–H and O–H groups in total. The Hall–Kier alpha value is -3.53. The number of likely N-dealkylation sites (N-methyl/N-ethyl adjacent to an activating group) is 1. The second-order valence-corrected chi connectivity index (χ2v) is 16.9. The Morgan fingerprint density at radius 3 is 2.62 bits per heavy atom. The van der Waals surface area contributed by atoms with Crippen molar-refractivity contribution >= 4 is 28.7 Å². The summed E-state index contributed by atoms with van der Waals surface area (Å²) < 4.78 is 11.6. The molecule has 9 fully saturated rings. The number of allylic oxidation sites excluding steroid dienone is 5. The fraction of sp³-hybridized carbons (Fsp3) is 0.585. The van der Waals surface area contributed by atoms with Crippen molar-refractivity contribution in [2.45, 2.75) is 81.3 Å². The van der Waals surface area contributed by atoms with Gasteiger partial charge in [-0.1, -0.05) is 23.3 Å². The van der Waals surface area contributed by atoms with Crippen molar-refractivity contribution in [3.05, 3.63) is 64.3 Å². The predicted molar refractivity (Wildman–Crippen MR) is 189 cm³/mol. The van der Waals surface area contributed by atoms with Crippen LogP contribution in [-0.4, -0.2) is 103 Å². The first-order valence-electron chi connectivity index (χ1n) is 18.8. The van der Waals surface area contributed by atoms with Crippen LogP contribution in [0.1, 0.15) is 57.1 Å². The van der Waals surface area contributed by atoms with Gasteiger partial charge in [0.05, 0.1) is 43.4 Å². The molecule has 2 saturated carbocycles. The minimum absolute atomic E-state index is 0.0747. The zero-order valence-electron chi connectivity index (χ0n) is 29.6. The van der Waals surface area contributed by atoms with E-state index in [0.29, 0.717) is 29.3 Å². The Labute approximate surface area is 293 Å². The molecule has 1 aromatic rings. The van der Waals surface area contributed by atoms with E-state index in [1.807, 2.05) is 12.2 Å². The van der Waals surface area contributed by atoms with Crippen LogP contribution in [0.25, 0.3) is 5.57 Å². The summed E-state index contributed by atoms with van der Waals surface area (Å²) in [5.41, 5.74) is 6.54. The average Bonchev–Trinajstić information content (AvgIpc) is 3.70. The third-order valence-corrected chi connectivity index (χ3v) is 16.0. The highest BCUT2D eigenvalue weighted by atomic mass is 16.5. The van der Waals surface area contributed by atoms with Gasteiger partial charge in [-0.05, 0) is 87.1 Å². The van der Waals surface area contributed by atoms with Gasteiger partial charge in [0.15, 0.2) is 5.78 Å². The van der Waals surface area contributed by atoms with E-state index in [9.17, 15) is 14.7 Å². The Bertz CT molecular complexity index is 1990. The van der Waals surface area contributed by atoms with E-state index in [1.54, 1.807) is 7.11 Å². The molecule has 0 aromatic heterocycles. The topological polar surface area (TPSA) is 94.9 Å². The number of hydrogen-bond donors (Lipinski definition) is 1. The van der Waals surface area contributed by atoms with Crippen LogP contribution in [0, 0.1) is 29.1 Å². The van der Waals surface area contributed by atoms with Crippen LogP contribution in [0.4, 0.5) is 5.69 Å². The molecule has 260 valence electrons. The number of fused-ring (bicyclic) bond motifs is 5. The summed E-state index contributed by atoms with van der Waals surface area (Å²) in [6.07, 6.45) is 12.3. The molecule has 9 heteroatoms. The highest BCUT2D eigenvalue weighted by Gasteiger charge is 2.76. The predicted octanol–water partition coefficient (Wildman–Crippen LogP) is 4.06. The number of ether oxygens (including phenoxy) is 2. The first-order chi connectivity index (χ1) is 24.2. The minimum atomic E-state index is -0.595.